The summed E-state index contributed by atoms with van der Waals surface area (Å²) in [5, 5.41) is 18.1. The first kappa shape index (κ1) is 22.8. The summed E-state index contributed by atoms with van der Waals surface area (Å²) >= 11 is 1.59. The zero-order chi connectivity index (χ0) is 25.9. The molecule has 1 aliphatic heterocycles. The van der Waals surface area contributed by atoms with Crippen LogP contribution in [0.5, 0.6) is 11.5 Å². The lowest BCUT2D eigenvalue weighted by atomic mass is 9.91. The topological polar surface area (TPSA) is 101 Å². The maximum atomic E-state index is 13.1. The van der Waals surface area contributed by atoms with E-state index in [9.17, 15) is 4.79 Å². The number of thiazole rings is 1. The van der Waals surface area contributed by atoms with Crippen LogP contribution in [-0.2, 0) is 10.2 Å². The van der Waals surface area contributed by atoms with Crippen LogP contribution in [0.15, 0.2) is 66.2 Å². The number of fused-ring (bicyclic) bond motifs is 3. The number of H-pyrrole nitrogens is 1. The smallest absolute Gasteiger partial charge is 0.235 e. The van der Waals surface area contributed by atoms with Crippen molar-refractivity contribution >= 4 is 45.3 Å². The van der Waals surface area contributed by atoms with Crippen LogP contribution >= 0.6 is 11.3 Å². The zero-order valence-electron chi connectivity index (χ0n) is 20.9. The minimum absolute atomic E-state index is 0.0568. The second-order valence-corrected chi connectivity index (χ2v) is 10.5. The first-order chi connectivity index (χ1) is 18.6. The summed E-state index contributed by atoms with van der Waals surface area (Å²) in [6.07, 6.45) is 2.57. The van der Waals surface area contributed by atoms with Crippen LogP contribution in [0.25, 0.3) is 21.5 Å². The molecule has 2 aliphatic rings. The number of rotatable bonds is 7. The van der Waals surface area contributed by atoms with E-state index in [1.165, 1.54) is 0 Å². The van der Waals surface area contributed by atoms with Crippen molar-refractivity contribution < 1.29 is 14.3 Å². The van der Waals surface area contributed by atoms with E-state index in [2.05, 4.69) is 44.0 Å². The number of hydrogen-bond acceptors (Lipinski definition) is 7. The molecule has 7 rings (SSSR count). The molecule has 1 aliphatic carbocycles. The molecule has 2 aromatic heterocycles. The van der Waals surface area contributed by atoms with Crippen molar-refractivity contribution in [1.29, 1.82) is 0 Å². The number of aromatic nitrogens is 3. The quantitative estimate of drug-likeness (QED) is 0.234. The van der Waals surface area contributed by atoms with Crippen molar-refractivity contribution in [3.63, 3.8) is 0 Å². The van der Waals surface area contributed by atoms with Crippen LogP contribution in [0.1, 0.15) is 30.4 Å². The third-order valence-corrected chi connectivity index (χ3v) is 8.34. The van der Waals surface area contributed by atoms with Crippen LogP contribution < -0.4 is 20.1 Å². The molecule has 3 aromatic carbocycles. The van der Waals surface area contributed by atoms with Gasteiger partial charge in [0.25, 0.3) is 0 Å². The molecule has 0 saturated heterocycles. The van der Waals surface area contributed by atoms with Gasteiger partial charge in [0, 0.05) is 34.1 Å². The average Bonchev–Trinajstić information content (AvgIpc) is 3.20. The third-order valence-electron chi connectivity index (χ3n) is 7.52. The van der Waals surface area contributed by atoms with E-state index >= 15 is 0 Å². The Morgan fingerprint density at radius 2 is 2.08 bits per heavy atom. The van der Waals surface area contributed by atoms with E-state index in [0.717, 1.165) is 61.9 Å². The van der Waals surface area contributed by atoms with Gasteiger partial charge in [0.2, 0.25) is 5.91 Å². The Kier molecular flexibility index (Phi) is 5.16. The summed E-state index contributed by atoms with van der Waals surface area (Å²) in [6.45, 7) is 2.52. The molecule has 1 spiro atoms. The second-order valence-electron chi connectivity index (χ2n) is 9.58. The zero-order valence-corrected chi connectivity index (χ0v) is 21.7. The molecule has 0 radical (unpaired) electrons. The Morgan fingerprint density at radius 1 is 1.16 bits per heavy atom. The number of methoxy groups -OCH3 is 1. The highest BCUT2D eigenvalue weighted by molar-refractivity contribution is 7.13. The fraction of sp³-hybridized carbons (Fsp3) is 0.207. The molecule has 38 heavy (non-hydrogen) atoms. The van der Waals surface area contributed by atoms with Gasteiger partial charge in [-0.05, 0) is 73.0 Å². The Hall–Kier alpha value is -4.37. The predicted molar refractivity (Wildman–Crippen MR) is 149 cm³/mol. The number of ether oxygens (including phenoxy) is 2. The van der Waals surface area contributed by atoms with E-state index in [4.69, 9.17) is 9.47 Å². The van der Waals surface area contributed by atoms with E-state index in [0.29, 0.717) is 12.4 Å². The SMILES string of the molecule is CCOc1ccc(-c2nccs2)cc1Nc1n[nH]c2cc(C3CC34C(=O)Nc3ccc(OC)cc34)ccc12. The van der Waals surface area contributed by atoms with Crippen molar-refractivity contribution in [3.8, 4) is 22.1 Å². The second kappa shape index (κ2) is 8.59. The molecule has 1 saturated carbocycles. The number of nitrogens with zero attached hydrogens (tertiary/aromatic N) is 2. The van der Waals surface area contributed by atoms with Gasteiger partial charge in [-0.2, -0.15) is 5.10 Å². The summed E-state index contributed by atoms with van der Waals surface area (Å²) < 4.78 is 11.3. The average molecular weight is 524 g/mol. The van der Waals surface area contributed by atoms with Gasteiger partial charge >= 0.3 is 0 Å². The Balaban J connectivity index is 1.20. The molecular weight excluding hydrogens is 498 g/mol. The number of hydrogen-bond donors (Lipinski definition) is 3. The lowest BCUT2D eigenvalue weighted by Crippen LogP contribution is -2.21. The Bertz CT molecular complexity index is 1700. The van der Waals surface area contributed by atoms with Crippen LogP contribution in [0.3, 0.4) is 0 Å². The van der Waals surface area contributed by atoms with E-state index in [1.807, 2.05) is 48.7 Å². The normalized spacial score (nSPS) is 19.4. The predicted octanol–water partition coefficient (Wildman–Crippen LogP) is 6.21. The van der Waals surface area contributed by atoms with Crippen molar-refractivity contribution in [2.24, 2.45) is 0 Å². The number of benzene rings is 3. The lowest BCUT2D eigenvalue weighted by molar-refractivity contribution is -0.118. The highest BCUT2D eigenvalue weighted by Gasteiger charge is 2.65. The molecule has 0 bridgehead atoms. The van der Waals surface area contributed by atoms with Crippen molar-refractivity contribution in [2.45, 2.75) is 24.7 Å². The first-order valence-corrected chi connectivity index (χ1v) is 13.4. The standard InChI is InChI=1S/C29H25N5O3S/c1-3-37-25-9-5-17(27-30-10-11-38-27)13-24(25)31-26-19-7-4-16(12-23(19)33-34-26)21-15-29(21)20-14-18(36-2)6-8-22(20)32-28(29)35/h4-14,21H,3,15H2,1-2H3,(H,32,35)(H2,31,33,34). The number of anilines is 3. The van der Waals surface area contributed by atoms with Crippen molar-refractivity contribution in [2.75, 3.05) is 24.4 Å². The largest absolute Gasteiger partial charge is 0.497 e. The highest BCUT2D eigenvalue weighted by Crippen LogP contribution is 2.65. The minimum Gasteiger partial charge on any atom is -0.497 e. The van der Waals surface area contributed by atoms with Crippen LogP contribution in [0.2, 0.25) is 0 Å². The molecule has 8 nitrogen and oxygen atoms in total. The minimum atomic E-state index is -0.540. The molecule has 2 atom stereocenters. The van der Waals surface area contributed by atoms with Gasteiger partial charge in [0.1, 0.15) is 16.5 Å². The molecular formula is C29H25N5O3S. The third kappa shape index (κ3) is 3.46. The first-order valence-electron chi connectivity index (χ1n) is 12.5. The summed E-state index contributed by atoms with van der Waals surface area (Å²) in [5.41, 5.74) is 5.20. The molecule has 1 fully saturated rings. The van der Waals surface area contributed by atoms with Crippen molar-refractivity contribution in [1.82, 2.24) is 15.2 Å². The fourth-order valence-electron chi connectivity index (χ4n) is 5.58. The maximum absolute atomic E-state index is 13.1. The molecule has 9 heteroatoms. The van der Waals surface area contributed by atoms with E-state index in [-0.39, 0.29) is 11.8 Å². The summed E-state index contributed by atoms with van der Waals surface area (Å²) in [5.74, 6) is 2.38. The molecule has 3 heterocycles. The van der Waals surface area contributed by atoms with Gasteiger partial charge in [0.15, 0.2) is 5.82 Å². The number of nitrogens with one attached hydrogen (secondary N) is 3. The van der Waals surface area contributed by atoms with E-state index < -0.39 is 5.41 Å². The van der Waals surface area contributed by atoms with Crippen LogP contribution in [0.4, 0.5) is 17.2 Å². The summed E-state index contributed by atoms with van der Waals surface area (Å²) in [7, 11) is 1.65. The van der Waals surface area contributed by atoms with Gasteiger partial charge in [-0.25, -0.2) is 4.98 Å². The van der Waals surface area contributed by atoms with Gasteiger partial charge in [-0.1, -0.05) is 6.07 Å². The monoisotopic (exact) mass is 523 g/mol. The van der Waals surface area contributed by atoms with E-state index in [1.54, 1.807) is 24.6 Å². The lowest BCUT2D eigenvalue weighted by Gasteiger charge is -2.13. The maximum Gasteiger partial charge on any atom is 0.235 e. The summed E-state index contributed by atoms with van der Waals surface area (Å²) in [6, 6.07) is 18.1. The molecule has 3 N–H and O–H groups in total. The van der Waals surface area contributed by atoms with Crippen LogP contribution in [0, 0.1) is 0 Å². The van der Waals surface area contributed by atoms with Gasteiger partial charge in [-0.15, -0.1) is 11.3 Å². The van der Waals surface area contributed by atoms with Gasteiger partial charge in [-0.3, -0.25) is 9.89 Å². The molecule has 2 unspecified atom stereocenters. The number of amides is 1. The number of aromatic amines is 1. The van der Waals surface area contributed by atoms with Gasteiger partial charge in [0.05, 0.1) is 30.3 Å². The highest BCUT2D eigenvalue weighted by atomic mass is 32.1. The molecule has 190 valence electrons. The van der Waals surface area contributed by atoms with Gasteiger partial charge < -0.3 is 20.1 Å². The summed E-state index contributed by atoms with van der Waals surface area (Å²) in [4.78, 5) is 17.5. The van der Waals surface area contributed by atoms with Crippen molar-refractivity contribution in [3.05, 3.63) is 77.3 Å². The number of carbonyl (C=O) groups is 1. The molecule has 1 amide bonds. The Morgan fingerprint density at radius 3 is 2.89 bits per heavy atom. The Labute approximate surface area is 223 Å². The number of carbonyl (C=O) groups excluding carboxylic acids is 1. The fourth-order valence-corrected chi connectivity index (χ4v) is 6.22. The van der Waals surface area contributed by atoms with Crippen LogP contribution in [-0.4, -0.2) is 34.8 Å². The molecule has 5 aromatic rings.